The van der Waals surface area contributed by atoms with Crippen molar-refractivity contribution in [1.82, 2.24) is 4.90 Å². The molecule has 0 spiro atoms. The Labute approximate surface area is 206 Å². The van der Waals surface area contributed by atoms with Crippen molar-refractivity contribution in [2.75, 3.05) is 6.54 Å². The number of hydrogen-bond donors (Lipinski definition) is 2. The van der Waals surface area contributed by atoms with Crippen molar-refractivity contribution >= 4 is 12.0 Å². The molecular formula is C27H36F2N2O4. The first-order valence-corrected chi connectivity index (χ1v) is 12.1. The number of carboxylic acids is 1. The summed E-state index contributed by atoms with van der Waals surface area (Å²) in [6.07, 6.45) is 4.64. The molecule has 6 nitrogen and oxygen atoms in total. The van der Waals surface area contributed by atoms with Gasteiger partial charge in [-0.05, 0) is 49.6 Å². The van der Waals surface area contributed by atoms with Gasteiger partial charge in [0.05, 0.1) is 0 Å². The van der Waals surface area contributed by atoms with Crippen LogP contribution in [0.2, 0.25) is 0 Å². The maximum atomic E-state index is 16.0. The van der Waals surface area contributed by atoms with E-state index in [2.05, 4.69) is 6.92 Å². The molecule has 0 heterocycles. The summed E-state index contributed by atoms with van der Waals surface area (Å²) in [6.45, 7) is 5.29. The molecule has 0 aliphatic heterocycles. The van der Waals surface area contributed by atoms with E-state index in [1.165, 1.54) is 31.2 Å². The minimum atomic E-state index is -3.47. The normalized spacial score (nSPS) is 14.1. The van der Waals surface area contributed by atoms with Crippen LogP contribution in [0, 0.1) is 0 Å². The van der Waals surface area contributed by atoms with E-state index in [0.717, 1.165) is 30.6 Å². The molecule has 2 aromatic carbocycles. The maximum absolute atomic E-state index is 16.0. The number of nitrogens with two attached hydrogens (primary N) is 1. The molecule has 0 radical (unpaired) electrons. The standard InChI is InChI=1S/C27H36F2N2O4/c1-4-6-7-8-12-19-31(25(30)34)23(20-13-10-9-11-14-20)27(28,29)21-15-17-22(18-16-21)35-26(3,5-2)24(32)33/h9-11,13-18,23H,4-8,12,19H2,1-3H3,(H2,30,34)(H,32,33). The van der Waals surface area contributed by atoms with Crippen molar-refractivity contribution in [3.8, 4) is 5.75 Å². The number of primary amides is 1. The second-order valence-electron chi connectivity index (χ2n) is 8.90. The molecule has 0 aliphatic rings. The summed E-state index contributed by atoms with van der Waals surface area (Å²) in [6, 6.07) is 10.7. The van der Waals surface area contributed by atoms with Gasteiger partial charge in [-0.2, -0.15) is 8.78 Å². The number of hydrogen-bond acceptors (Lipinski definition) is 3. The fourth-order valence-electron chi connectivity index (χ4n) is 3.90. The maximum Gasteiger partial charge on any atom is 0.347 e. The van der Waals surface area contributed by atoms with E-state index < -0.39 is 29.6 Å². The number of carbonyl (C=O) groups is 2. The summed E-state index contributed by atoms with van der Waals surface area (Å²) in [7, 11) is 0. The summed E-state index contributed by atoms with van der Waals surface area (Å²) in [4.78, 5) is 24.9. The van der Waals surface area contributed by atoms with Crippen LogP contribution in [-0.2, 0) is 10.7 Å². The molecule has 0 aromatic heterocycles. The number of carbonyl (C=O) groups excluding carboxylic acids is 1. The Balaban J connectivity index is 2.38. The zero-order valence-corrected chi connectivity index (χ0v) is 20.7. The van der Waals surface area contributed by atoms with Gasteiger partial charge in [-0.3, -0.25) is 0 Å². The molecule has 2 amide bonds. The number of rotatable bonds is 14. The highest BCUT2D eigenvalue weighted by Crippen LogP contribution is 2.45. The first-order chi connectivity index (χ1) is 16.6. The second-order valence-corrected chi connectivity index (χ2v) is 8.90. The molecule has 35 heavy (non-hydrogen) atoms. The number of unbranched alkanes of at least 4 members (excludes halogenated alkanes) is 4. The van der Waals surface area contributed by atoms with Crippen LogP contribution < -0.4 is 10.5 Å². The highest BCUT2D eigenvalue weighted by atomic mass is 19.3. The Morgan fingerprint density at radius 3 is 2.11 bits per heavy atom. The molecule has 2 unspecified atom stereocenters. The molecule has 8 heteroatoms. The van der Waals surface area contributed by atoms with E-state index in [1.54, 1.807) is 37.3 Å². The van der Waals surface area contributed by atoms with Crippen LogP contribution in [0.1, 0.15) is 76.5 Å². The van der Waals surface area contributed by atoms with Crippen LogP contribution in [0.5, 0.6) is 5.75 Å². The zero-order valence-electron chi connectivity index (χ0n) is 20.7. The molecular weight excluding hydrogens is 454 g/mol. The Hall–Kier alpha value is -3.16. The van der Waals surface area contributed by atoms with E-state index in [0.29, 0.717) is 6.42 Å². The molecule has 0 saturated carbocycles. The monoisotopic (exact) mass is 490 g/mol. The lowest BCUT2D eigenvalue weighted by atomic mass is 9.93. The first kappa shape index (κ1) is 28.1. The molecule has 0 saturated heterocycles. The van der Waals surface area contributed by atoms with Crippen molar-refractivity contribution in [2.45, 2.75) is 76.9 Å². The van der Waals surface area contributed by atoms with E-state index in [-0.39, 0.29) is 29.8 Å². The number of benzene rings is 2. The number of halogens is 2. The largest absolute Gasteiger partial charge is 0.478 e. The van der Waals surface area contributed by atoms with Gasteiger partial charge in [0.1, 0.15) is 11.8 Å². The van der Waals surface area contributed by atoms with Gasteiger partial charge in [0.25, 0.3) is 5.92 Å². The SMILES string of the molecule is CCCCCCCN(C(N)=O)C(c1ccccc1)C(F)(F)c1ccc(OC(C)(CC)C(=O)O)cc1. The van der Waals surface area contributed by atoms with Crippen LogP contribution >= 0.6 is 0 Å². The summed E-state index contributed by atoms with van der Waals surface area (Å²) >= 11 is 0. The van der Waals surface area contributed by atoms with Crippen molar-refractivity contribution in [2.24, 2.45) is 5.73 Å². The predicted molar refractivity (Wildman–Crippen MR) is 132 cm³/mol. The van der Waals surface area contributed by atoms with Gasteiger partial charge in [0.2, 0.25) is 5.60 Å². The number of ether oxygens (including phenoxy) is 1. The van der Waals surface area contributed by atoms with Gasteiger partial charge in [-0.15, -0.1) is 0 Å². The fraction of sp³-hybridized carbons (Fsp3) is 0.481. The van der Waals surface area contributed by atoms with Crippen molar-refractivity contribution < 1.29 is 28.2 Å². The minimum absolute atomic E-state index is 0.114. The van der Waals surface area contributed by atoms with Gasteiger partial charge in [-0.1, -0.05) is 69.9 Å². The smallest absolute Gasteiger partial charge is 0.347 e. The van der Waals surface area contributed by atoms with Gasteiger partial charge in [0.15, 0.2) is 0 Å². The quantitative estimate of drug-likeness (QED) is 0.296. The van der Waals surface area contributed by atoms with E-state index in [4.69, 9.17) is 10.5 Å². The highest BCUT2D eigenvalue weighted by molar-refractivity contribution is 5.77. The topological polar surface area (TPSA) is 92.9 Å². The molecule has 0 fully saturated rings. The Kier molecular flexibility index (Phi) is 10.0. The molecule has 0 bridgehead atoms. The van der Waals surface area contributed by atoms with Crippen molar-refractivity contribution in [3.05, 3.63) is 65.7 Å². The van der Waals surface area contributed by atoms with E-state index in [9.17, 15) is 14.7 Å². The van der Waals surface area contributed by atoms with Crippen molar-refractivity contribution in [3.63, 3.8) is 0 Å². The van der Waals surface area contributed by atoms with E-state index >= 15 is 8.78 Å². The van der Waals surface area contributed by atoms with Crippen LogP contribution in [0.4, 0.5) is 13.6 Å². The van der Waals surface area contributed by atoms with Crippen LogP contribution in [-0.4, -0.2) is 34.2 Å². The molecule has 2 atom stereocenters. The third-order valence-electron chi connectivity index (χ3n) is 6.27. The first-order valence-electron chi connectivity index (χ1n) is 12.1. The lowest BCUT2D eigenvalue weighted by molar-refractivity contribution is -0.154. The number of urea groups is 1. The van der Waals surface area contributed by atoms with Gasteiger partial charge in [0, 0.05) is 12.1 Å². The highest BCUT2D eigenvalue weighted by Gasteiger charge is 2.47. The number of aliphatic carboxylic acids is 1. The molecule has 2 aromatic rings. The number of amides is 2. The summed E-state index contributed by atoms with van der Waals surface area (Å²) in [5.74, 6) is -4.45. The Bertz CT molecular complexity index is 953. The average Bonchev–Trinajstić information content (AvgIpc) is 2.83. The second kappa shape index (κ2) is 12.5. The lowest BCUT2D eigenvalue weighted by Gasteiger charge is -2.36. The molecule has 0 aliphatic carbocycles. The Morgan fingerprint density at radius 2 is 1.60 bits per heavy atom. The molecule has 2 rings (SSSR count). The average molecular weight is 491 g/mol. The fourth-order valence-corrected chi connectivity index (χ4v) is 3.90. The number of alkyl halides is 2. The van der Waals surface area contributed by atoms with Crippen LogP contribution in [0.25, 0.3) is 0 Å². The van der Waals surface area contributed by atoms with Gasteiger partial charge in [-0.25, -0.2) is 9.59 Å². The summed E-state index contributed by atoms with van der Waals surface area (Å²) in [5.41, 5.74) is 4.07. The summed E-state index contributed by atoms with van der Waals surface area (Å²) < 4.78 is 37.6. The lowest BCUT2D eigenvalue weighted by Crippen LogP contribution is -2.46. The molecule has 192 valence electrons. The Morgan fingerprint density at radius 1 is 1.00 bits per heavy atom. The summed E-state index contributed by atoms with van der Waals surface area (Å²) in [5, 5.41) is 9.41. The predicted octanol–water partition coefficient (Wildman–Crippen LogP) is 6.50. The van der Waals surface area contributed by atoms with Crippen molar-refractivity contribution in [1.29, 1.82) is 0 Å². The van der Waals surface area contributed by atoms with E-state index in [1.807, 2.05) is 0 Å². The molecule has 3 N–H and O–H groups in total. The van der Waals surface area contributed by atoms with Crippen LogP contribution in [0.3, 0.4) is 0 Å². The van der Waals surface area contributed by atoms with Gasteiger partial charge >= 0.3 is 12.0 Å². The van der Waals surface area contributed by atoms with Crippen LogP contribution in [0.15, 0.2) is 54.6 Å². The third-order valence-corrected chi connectivity index (χ3v) is 6.27. The third kappa shape index (κ3) is 7.16. The number of nitrogens with zero attached hydrogens (tertiary/aromatic N) is 1. The van der Waals surface area contributed by atoms with Gasteiger partial charge < -0.3 is 20.5 Å². The zero-order chi connectivity index (χ0) is 26.1. The minimum Gasteiger partial charge on any atom is -0.478 e. The number of carboxylic acid groups (broad SMARTS) is 1.